The third-order valence-corrected chi connectivity index (χ3v) is 5.94. The minimum absolute atomic E-state index is 1.20. The first-order chi connectivity index (χ1) is 8.77. The van der Waals surface area contributed by atoms with Crippen LogP contribution in [0.5, 0.6) is 0 Å². The van der Waals surface area contributed by atoms with Gasteiger partial charge in [-0.2, -0.15) is 0 Å². The van der Waals surface area contributed by atoms with Crippen LogP contribution in [0.2, 0.25) is 0 Å². The molecule has 2 aromatic heterocycles. The van der Waals surface area contributed by atoms with E-state index in [1.807, 2.05) is 25.2 Å². The summed E-state index contributed by atoms with van der Waals surface area (Å²) in [5, 5.41) is 3.51. The highest BCUT2D eigenvalue weighted by molar-refractivity contribution is 9.10. The van der Waals surface area contributed by atoms with Gasteiger partial charge in [-0.15, -0.1) is 22.7 Å². The van der Waals surface area contributed by atoms with Gasteiger partial charge in [0.2, 0.25) is 0 Å². The van der Waals surface area contributed by atoms with Crippen molar-refractivity contribution in [1.82, 2.24) is 0 Å². The molecule has 1 aromatic carbocycles. The van der Waals surface area contributed by atoms with Gasteiger partial charge in [-0.05, 0) is 51.3 Å². The number of thiophene rings is 2. The average Bonchev–Trinajstić information content (AvgIpc) is 2.97. The van der Waals surface area contributed by atoms with Crippen LogP contribution >= 0.6 is 38.6 Å². The van der Waals surface area contributed by atoms with Crippen molar-refractivity contribution in [2.24, 2.45) is 0 Å². The van der Waals surface area contributed by atoms with Crippen LogP contribution in [0.3, 0.4) is 0 Å². The lowest BCUT2D eigenvalue weighted by Crippen LogP contribution is -1.72. The molecule has 0 N–H and O–H groups in total. The van der Waals surface area contributed by atoms with Crippen molar-refractivity contribution in [3.05, 3.63) is 45.7 Å². The molecular weight excluding hydrogens is 324 g/mol. The molecule has 0 bridgehead atoms. The Kier molecular flexibility index (Phi) is 4.60. The highest BCUT2D eigenvalue weighted by atomic mass is 79.9. The summed E-state index contributed by atoms with van der Waals surface area (Å²) in [7, 11) is 0. The Hall–Kier alpha value is -0.640. The fourth-order valence-corrected chi connectivity index (χ4v) is 4.98. The van der Waals surface area contributed by atoms with Crippen molar-refractivity contribution in [2.45, 2.75) is 20.8 Å². The van der Waals surface area contributed by atoms with Crippen LogP contribution in [0.25, 0.3) is 19.8 Å². The molecule has 0 amide bonds. The Morgan fingerprint density at radius 3 is 2.33 bits per heavy atom. The molecule has 2 heterocycles. The van der Waals surface area contributed by atoms with Crippen LogP contribution in [-0.2, 0) is 0 Å². The number of hydrogen-bond donors (Lipinski definition) is 0. The molecule has 0 aliphatic carbocycles. The van der Waals surface area contributed by atoms with E-state index in [4.69, 9.17) is 0 Å². The van der Waals surface area contributed by atoms with Crippen LogP contribution in [0.15, 0.2) is 40.2 Å². The first-order valence-corrected chi connectivity index (χ1v) is 8.48. The summed E-state index contributed by atoms with van der Waals surface area (Å²) in [6.07, 6.45) is 0. The second-order valence-corrected chi connectivity index (χ2v) is 6.47. The summed E-state index contributed by atoms with van der Waals surface area (Å²) in [5.41, 5.74) is 1.39. The number of hydrogen-bond acceptors (Lipinski definition) is 2. The van der Waals surface area contributed by atoms with Gasteiger partial charge in [0.05, 0.1) is 4.88 Å². The van der Waals surface area contributed by atoms with Crippen molar-refractivity contribution in [1.29, 1.82) is 0 Å². The molecule has 0 radical (unpaired) electrons. The van der Waals surface area contributed by atoms with Crippen molar-refractivity contribution in [3.8, 4) is 9.75 Å². The van der Waals surface area contributed by atoms with Crippen LogP contribution in [-0.4, -0.2) is 0 Å². The maximum absolute atomic E-state index is 3.61. The first-order valence-electron chi connectivity index (χ1n) is 5.99. The zero-order valence-corrected chi connectivity index (χ0v) is 13.9. The summed E-state index contributed by atoms with van der Waals surface area (Å²) < 4.78 is 2.57. The Labute approximate surface area is 124 Å². The maximum Gasteiger partial charge on any atom is 0.0587 e. The molecule has 0 fully saturated rings. The third kappa shape index (κ3) is 2.40. The topological polar surface area (TPSA) is 0 Å². The van der Waals surface area contributed by atoms with Crippen LogP contribution in [0, 0.1) is 6.92 Å². The summed E-state index contributed by atoms with van der Waals surface area (Å²) in [6, 6.07) is 10.7. The summed E-state index contributed by atoms with van der Waals surface area (Å²) in [5.74, 6) is 0. The van der Waals surface area contributed by atoms with Gasteiger partial charge < -0.3 is 0 Å². The van der Waals surface area contributed by atoms with Crippen LogP contribution in [0.1, 0.15) is 19.4 Å². The van der Waals surface area contributed by atoms with E-state index in [-0.39, 0.29) is 0 Å². The quantitative estimate of drug-likeness (QED) is 0.461. The van der Waals surface area contributed by atoms with E-state index >= 15 is 0 Å². The van der Waals surface area contributed by atoms with Crippen molar-refractivity contribution < 1.29 is 0 Å². The number of halogens is 1. The Morgan fingerprint density at radius 1 is 1.00 bits per heavy atom. The minimum Gasteiger partial charge on any atom is -0.142 e. The Morgan fingerprint density at radius 2 is 1.72 bits per heavy atom. The van der Waals surface area contributed by atoms with Gasteiger partial charge in [-0.1, -0.05) is 32.0 Å². The zero-order valence-electron chi connectivity index (χ0n) is 10.7. The van der Waals surface area contributed by atoms with Crippen LogP contribution < -0.4 is 0 Å². The van der Waals surface area contributed by atoms with E-state index < -0.39 is 0 Å². The molecule has 0 spiro atoms. The van der Waals surface area contributed by atoms with Gasteiger partial charge in [0.1, 0.15) is 0 Å². The number of benzene rings is 1. The van der Waals surface area contributed by atoms with E-state index in [0.717, 1.165) is 0 Å². The van der Waals surface area contributed by atoms with E-state index in [0.29, 0.717) is 0 Å². The molecule has 0 nitrogen and oxygen atoms in total. The fourth-order valence-electron chi connectivity index (χ4n) is 1.85. The molecule has 18 heavy (non-hydrogen) atoms. The molecule has 3 aromatic rings. The predicted molar refractivity (Wildman–Crippen MR) is 88.9 cm³/mol. The lowest BCUT2D eigenvalue weighted by Gasteiger charge is -1.96. The monoisotopic (exact) mass is 338 g/mol. The molecule has 0 saturated heterocycles. The van der Waals surface area contributed by atoms with Crippen molar-refractivity contribution in [3.63, 3.8) is 0 Å². The molecule has 0 unspecified atom stereocenters. The van der Waals surface area contributed by atoms with E-state index in [9.17, 15) is 0 Å². The van der Waals surface area contributed by atoms with E-state index in [1.54, 1.807) is 11.3 Å². The molecule has 94 valence electrons. The average molecular weight is 339 g/mol. The SMILES string of the molecule is CC.Cc1c(-c2sccc2Br)sc2ccccc12. The highest BCUT2D eigenvalue weighted by Gasteiger charge is 2.13. The zero-order chi connectivity index (χ0) is 13.1. The predicted octanol–water partition coefficient (Wildman–Crippen LogP) is 6.73. The molecule has 0 aliphatic rings. The van der Waals surface area contributed by atoms with Gasteiger partial charge in [0, 0.05) is 14.0 Å². The lowest BCUT2D eigenvalue weighted by molar-refractivity contribution is 1.50. The largest absolute Gasteiger partial charge is 0.142 e. The lowest BCUT2D eigenvalue weighted by atomic mass is 10.1. The Balaban J connectivity index is 0.000000574. The highest BCUT2D eigenvalue weighted by Crippen LogP contribution is 2.43. The minimum atomic E-state index is 1.20. The molecular formula is C15H15BrS2. The van der Waals surface area contributed by atoms with Gasteiger partial charge in [0.25, 0.3) is 0 Å². The Bertz CT molecular complexity index is 649. The van der Waals surface area contributed by atoms with Gasteiger partial charge in [-0.3, -0.25) is 0 Å². The summed E-state index contributed by atoms with van der Waals surface area (Å²) in [4.78, 5) is 2.74. The summed E-state index contributed by atoms with van der Waals surface area (Å²) >= 11 is 7.28. The van der Waals surface area contributed by atoms with Gasteiger partial charge >= 0.3 is 0 Å². The van der Waals surface area contributed by atoms with Crippen LogP contribution in [0.4, 0.5) is 0 Å². The molecule has 0 aliphatic heterocycles. The standard InChI is InChI=1S/C13H9BrS2.C2H6/c1-8-9-4-2-3-5-11(9)16-12(8)13-10(14)6-7-15-13;1-2/h2-7H,1H3;1-2H3. The third-order valence-electron chi connectivity index (χ3n) is 2.67. The summed E-state index contributed by atoms with van der Waals surface area (Å²) in [6.45, 7) is 6.21. The fraction of sp³-hybridized carbons (Fsp3) is 0.200. The second kappa shape index (κ2) is 6.00. The van der Waals surface area contributed by atoms with Crippen molar-refractivity contribution >= 4 is 48.7 Å². The smallest absolute Gasteiger partial charge is 0.0587 e. The second-order valence-electron chi connectivity index (χ2n) is 3.65. The number of rotatable bonds is 1. The van der Waals surface area contributed by atoms with E-state index in [1.165, 1.54) is 29.9 Å². The number of fused-ring (bicyclic) bond motifs is 1. The molecule has 3 rings (SSSR count). The van der Waals surface area contributed by atoms with Gasteiger partial charge in [-0.25, -0.2) is 0 Å². The normalized spacial score (nSPS) is 10.2. The molecule has 0 saturated carbocycles. The molecule has 3 heteroatoms. The number of aryl methyl sites for hydroxylation is 1. The van der Waals surface area contributed by atoms with Gasteiger partial charge in [0.15, 0.2) is 0 Å². The van der Waals surface area contributed by atoms with Crippen molar-refractivity contribution in [2.75, 3.05) is 0 Å². The molecule has 0 atom stereocenters. The first kappa shape index (κ1) is 13.8. The van der Waals surface area contributed by atoms with E-state index in [2.05, 4.69) is 58.6 Å². The maximum atomic E-state index is 3.61.